The average Bonchev–Trinajstić information content (AvgIpc) is 2.56. The Morgan fingerprint density at radius 2 is 2.09 bits per heavy atom. The van der Waals surface area contributed by atoms with Gasteiger partial charge in [-0.25, -0.2) is 0 Å². The number of carbonyl (C=O) groups excluding carboxylic acids is 2. The summed E-state index contributed by atoms with van der Waals surface area (Å²) >= 11 is 1.57. The molecular formula is C18H24N2O2S. The van der Waals surface area contributed by atoms with E-state index in [9.17, 15) is 9.59 Å². The Morgan fingerprint density at radius 3 is 2.91 bits per heavy atom. The van der Waals surface area contributed by atoms with Crippen LogP contribution >= 0.6 is 11.8 Å². The van der Waals surface area contributed by atoms with Crippen LogP contribution in [-0.2, 0) is 9.59 Å². The van der Waals surface area contributed by atoms with Gasteiger partial charge < -0.3 is 10.2 Å². The molecule has 1 aromatic rings. The maximum Gasteiger partial charge on any atom is 0.237 e. The Morgan fingerprint density at radius 1 is 1.30 bits per heavy atom. The van der Waals surface area contributed by atoms with E-state index in [1.165, 1.54) is 19.3 Å². The molecule has 1 aliphatic carbocycles. The first-order valence-electron chi connectivity index (χ1n) is 8.46. The van der Waals surface area contributed by atoms with Crippen LogP contribution in [0.5, 0.6) is 0 Å². The number of hydrogen-bond donors (Lipinski definition) is 1. The first kappa shape index (κ1) is 16.4. The molecule has 5 heteroatoms. The van der Waals surface area contributed by atoms with E-state index in [4.69, 9.17) is 0 Å². The van der Waals surface area contributed by atoms with Gasteiger partial charge in [-0.1, -0.05) is 31.9 Å². The Hall–Kier alpha value is -1.49. The second-order valence-corrected chi connectivity index (χ2v) is 7.50. The van der Waals surface area contributed by atoms with Crippen LogP contribution in [-0.4, -0.2) is 30.2 Å². The van der Waals surface area contributed by atoms with Crippen molar-refractivity contribution in [3.63, 3.8) is 0 Å². The van der Waals surface area contributed by atoms with Crippen LogP contribution in [0.3, 0.4) is 0 Å². The van der Waals surface area contributed by atoms with E-state index in [1.54, 1.807) is 16.7 Å². The van der Waals surface area contributed by atoms with Crippen LogP contribution in [0.2, 0.25) is 0 Å². The molecule has 0 saturated heterocycles. The fraction of sp³-hybridized carbons (Fsp3) is 0.556. The molecule has 1 aromatic carbocycles. The minimum atomic E-state index is 0.0623. The number of anilines is 1. The summed E-state index contributed by atoms with van der Waals surface area (Å²) in [5.41, 5.74) is 0.938. The van der Waals surface area contributed by atoms with Crippen molar-refractivity contribution < 1.29 is 9.59 Å². The van der Waals surface area contributed by atoms with Crippen LogP contribution in [0.4, 0.5) is 5.69 Å². The van der Waals surface area contributed by atoms with Gasteiger partial charge in [-0.05, 0) is 30.9 Å². The standard InChI is InChI=1S/C18H24N2O2S/c1-13-6-2-3-7-14(13)19-17(21)10-11-20-15-8-4-5-9-16(15)23-12-18(20)22/h4-5,8-9,13-14H,2-3,6-7,10-12H2,1H3,(H,19,21)/t13-,14-/m0/s1. The maximum absolute atomic E-state index is 12.3. The number of carbonyl (C=O) groups is 2. The van der Waals surface area contributed by atoms with Crippen molar-refractivity contribution >= 4 is 29.3 Å². The molecule has 1 N–H and O–H groups in total. The van der Waals surface area contributed by atoms with Crippen molar-refractivity contribution in [1.29, 1.82) is 0 Å². The topological polar surface area (TPSA) is 49.4 Å². The average molecular weight is 332 g/mol. The van der Waals surface area contributed by atoms with Gasteiger partial charge in [0.1, 0.15) is 0 Å². The molecule has 0 bridgehead atoms. The highest BCUT2D eigenvalue weighted by Gasteiger charge is 2.26. The Bertz CT molecular complexity index is 590. The molecular weight excluding hydrogens is 308 g/mol. The van der Waals surface area contributed by atoms with E-state index in [-0.39, 0.29) is 11.8 Å². The van der Waals surface area contributed by atoms with Crippen molar-refractivity contribution in [2.75, 3.05) is 17.2 Å². The van der Waals surface area contributed by atoms with Gasteiger partial charge in [0, 0.05) is 23.9 Å². The quantitative estimate of drug-likeness (QED) is 0.921. The summed E-state index contributed by atoms with van der Waals surface area (Å²) in [4.78, 5) is 27.3. The SMILES string of the molecule is C[C@H]1CCCC[C@@H]1NC(=O)CCN1C(=O)CSc2ccccc21. The minimum absolute atomic E-state index is 0.0623. The summed E-state index contributed by atoms with van der Waals surface area (Å²) in [6.07, 6.45) is 5.11. The van der Waals surface area contributed by atoms with Crippen LogP contribution in [0.1, 0.15) is 39.0 Å². The van der Waals surface area contributed by atoms with E-state index in [2.05, 4.69) is 12.2 Å². The number of amides is 2. The van der Waals surface area contributed by atoms with Crippen LogP contribution in [0.25, 0.3) is 0 Å². The first-order valence-corrected chi connectivity index (χ1v) is 9.45. The van der Waals surface area contributed by atoms with Gasteiger partial charge in [0.15, 0.2) is 0 Å². The lowest BCUT2D eigenvalue weighted by Gasteiger charge is -2.31. The highest BCUT2D eigenvalue weighted by atomic mass is 32.2. The molecule has 1 fully saturated rings. The number of benzene rings is 1. The number of hydrogen-bond acceptors (Lipinski definition) is 3. The number of nitrogens with one attached hydrogen (secondary N) is 1. The maximum atomic E-state index is 12.3. The van der Waals surface area contributed by atoms with Crippen LogP contribution in [0.15, 0.2) is 29.2 Å². The zero-order valence-electron chi connectivity index (χ0n) is 13.6. The van der Waals surface area contributed by atoms with Crippen molar-refractivity contribution in [2.45, 2.75) is 50.0 Å². The van der Waals surface area contributed by atoms with E-state index in [1.807, 2.05) is 24.3 Å². The third-order valence-corrected chi connectivity index (χ3v) is 5.88. The highest BCUT2D eigenvalue weighted by Crippen LogP contribution is 2.34. The zero-order valence-corrected chi connectivity index (χ0v) is 14.4. The summed E-state index contributed by atoms with van der Waals surface area (Å²) < 4.78 is 0. The van der Waals surface area contributed by atoms with Gasteiger partial charge in [-0.15, -0.1) is 11.8 Å². The number of fused-ring (bicyclic) bond motifs is 1. The Kier molecular flexibility index (Phi) is 5.26. The fourth-order valence-corrected chi connectivity index (χ4v) is 4.36. The monoisotopic (exact) mass is 332 g/mol. The smallest absolute Gasteiger partial charge is 0.237 e. The first-order chi connectivity index (χ1) is 11.1. The second-order valence-electron chi connectivity index (χ2n) is 6.49. The molecule has 2 atom stereocenters. The summed E-state index contributed by atoms with van der Waals surface area (Å²) in [5, 5.41) is 3.16. The van der Waals surface area contributed by atoms with E-state index < -0.39 is 0 Å². The van der Waals surface area contributed by atoms with Gasteiger partial charge in [-0.2, -0.15) is 0 Å². The third-order valence-electron chi connectivity index (χ3n) is 4.83. The summed E-state index contributed by atoms with van der Waals surface area (Å²) in [6, 6.07) is 8.21. The minimum Gasteiger partial charge on any atom is -0.353 e. The van der Waals surface area contributed by atoms with Crippen molar-refractivity contribution in [3.8, 4) is 0 Å². The van der Waals surface area contributed by atoms with Crippen LogP contribution in [0, 0.1) is 5.92 Å². The Labute approximate surface area is 142 Å². The number of thioether (sulfide) groups is 1. The molecule has 0 aromatic heterocycles. The van der Waals surface area contributed by atoms with Crippen molar-refractivity contribution in [1.82, 2.24) is 5.32 Å². The second kappa shape index (κ2) is 7.39. The van der Waals surface area contributed by atoms with Crippen LogP contribution < -0.4 is 10.2 Å². The molecule has 4 nitrogen and oxygen atoms in total. The normalized spacial score (nSPS) is 24.2. The molecule has 2 amide bonds. The molecule has 1 heterocycles. The van der Waals surface area contributed by atoms with Gasteiger partial charge in [0.2, 0.25) is 11.8 Å². The summed E-state index contributed by atoms with van der Waals surface area (Å²) in [5.74, 6) is 1.17. The predicted octanol–water partition coefficient (Wildman–Crippen LogP) is 3.21. The molecule has 2 aliphatic rings. The van der Waals surface area contributed by atoms with E-state index in [0.717, 1.165) is 17.0 Å². The lowest BCUT2D eigenvalue weighted by Crippen LogP contribution is -2.43. The summed E-state index contributed by atoms with van der Waals surface area (Å²) in [6.45, 7) is 2.68. The molecule has 1 saturated carbocycles. The van der Waals surface area contributed by atoms with Crippen molar-refractivity contribution in [2.24, 2.45) is 5.92 Å². The lowest BCUT2D eigenvalue weighted by atomic mass is 9.86. The van der Waals surface area contributed by atoms with Gasteiger partial charge >= 0.3 is 0 Å². The molecule has 23 heavy (non-hydrogen) atoms. The number of nitrogens with zero attached hydrogens (tertiary/aromatic N) is 1. The van der Waals surface area contributed by atoms with E-state index in [0.29, 0.717) is 30.7 Å². The van der Waals surface area contributed by atoms with Gasteiger partial charge in [-0.3, -0.25) is 9.59 Å². The largest absolute Gasteiger partial charge is 0.353 e. The van der Waals surface area contributed by atoms with Gasteiger partial charge in [0.25, 0.3) is 0 Å². The summed E-state index contributed by atoms with van der Waals surface area (Å²) in [7, 11) is 0. The third kappa shape index (κ3) is 3.89. The highest BCUT2D eigenvalue weighted by molar-refractivity contribution is 8.00. The zero-order chi connectivity index (χ0) is 16.2. The van der Waals surface area contributed by atoms with Gasteiger partial charge in [0.05, 0.1) is 11.4 Å². The molecule has 0 spiro atoms. The molecule has 124 valence electrons. The Balaban J connectivity index is 1.57. The molecule has 1 aliphatic heterocycles. The van der Waals surface area contributed by atoms with Crippen molar-refractivity contribution in [3.05, 3.63) is 24.3 Å². The molecule has 0 radical (unpaired) electrons. The predicted molar refractivity (Wildman–Crippen MR) is 93.7 cm³/mol. The number of rotatable bonds is 4. The van der Waals surface area contributed by atoms with E-state index >= 15 is 0 Å². The lowest BCUT2D eigenvalue weighted by molar-refractivity contribution is -0.122. The molecule has 3 rings (SSSR count). The molecule has 0 unspecified atom stereocenters. The fourth-order valence-electron chi connectivity index (χ4n) is 3.42. The number of para-hydroxylation sites is 1.